The molecular weight excluding hydrogens is 330 g/mol. The van der Waals surface area contributed by atoms with Gasteiger partial charge in [0.2, 0.25) is 0 Å². The number of hydrogen-bond acceptors (Lipinski definition) is 5. The van der Waals surface area contributed by atoms with E-state index in [-0.39, 0.29) is 5.56 Å². The van der Waals surface area contributed by atoms with Crippen LogP contribution < -0.4 is 5.56 Å². The maximum absolute atomic E-state index is 12.9. The summed E-state index contributed by atoms with van der Waals surface area (Å²) in [5.74, 6) is 2.35. The zero-order chi connectivity index (χ0) is 17.7. The summed E-state index contributed by atoms with van der Waals surface area (Å²) in [6.07, 6.45) is 9.30. The summed E-state index contributed by atoms with van der Waals surface area (Å²) in [5, 5.41) is 12.2. The molecule has 0 saturated heterocycles. The van der Waals surface area contributed by atoms with E-state index in [1.165, 1.54) is 23.8 Å². The van der Waals surface area contributed by atoms with Crippen LogP contribution in [0.4, 0.5) is 0 Å². The maximum Gasteiger partial charge on any atom is 0.267 e. The minimum absolute atomic E-state index is 0.168. The summed E-state index contributed by atoms with van der Waals surface area (Å²) in [5.41, 5.74) is 1.45. The highest BCUT2D eigenvalue weighted by Gasteiger charge is 2.21. The molecule has 0 bridgehead atoms. The minimum Gasteiger partial charge on any atom is -0.281 e. The van der Waals surface area contributed by atoms with Gasteiger partial charge in [-0.3, -0.25) is 14.5 Å². The second kappa shape index (κ2) is 5.76. The number of nitrogens with zero attached hydrogens (tertiary/aromatic N) is 6. The molecule has 1 fully saturated rings. The third-order valence-corrected chi connectivity index (χ3v) is 5.16. The average Bonchev–Trinajstić information content (AvgIpc) is 3.29. The molecule has 0 aromatic carbocycles. The molecule has 4 aromatic rings. The van der Waals surface area contributed by atoms with E-state index in [9.17, 15) is 4.79 Å². The number of hydrogen-bond donors (Lipinski definition) is 1. The third kappa shape index (κ3) is 2.33. The highest BCUT2D eigenvalue weighted by atomic mass is 16.1. The number of rotatable bonds is 2. The van der Waals surface area contributed by atoms with Gasteiger partial charge in [-0.25, -0.2) is 4.98 Å². The SMILES string of the molecule is Cc1cc(-n2ccc3c(cnc4nc(C5CCCCC5)nn43)c2=O)n[nH]1. The van der Waals surface area contributed by atoms with Crippen molar-refractivity contribution in [2.24, 2.45) is 0 Å². The van der Waals surface area contributed by atoms with Crippen LogP contribution in [0.1, 0.15) is 49.5 Å². The van der Waals surface area contributed by atoms with E-state index in [4.69, 9.17) is 0 Å². The van der Waals surface area contributed by atoms with E-state index in [0.717, 1.165) is 29.9 Å². The molecule has 0 unspecified atom stereocenters. The van der Waals surface area contributed by atoms with E-state index in [2.05, 4.69) is 25.3 Å². The first-order valence-electron chi connectivity index (χ1n) is 9.00. The Hall–Kier alpha value is -3.03. The first kappa shape index (κ1) is 15.2. The predicted octanol–water partition coefficient (Wildman–Crippen LogP) is 2.51. The number of aryl methyl sites for hydroxylation is 1. The molecule has 1 aliphatic rings. The average molecular weight is 349 g/mol. The normalized spacial score (nSPS) is 15.9. The van der Waals surface area contributed by atoms with Crippen LogP contribution in [0.3, 0.4) is 0 Å². The minimum atomic E-state index is -0.168. The highest BCUT2D eigenvalue weighted by molar-refractivity contribution is 5.78. The predicted molar refractivity (Wildman–Crippen MR) is 96.6 cm³/mol. The van der Waals surface area contributed by atoms with Gasteiger partial charge in [0.15, 0.2) is 11.6 Å². The zero-order valence-electron chi connectivity index (χ0n) is 14.5. The fourth-order valence-corrected chi connectivity index (χ4v) is 3.78. The Morgan fingerprint density at radius 2 is 2.08 bits per heavy atom. The molecule has 5 rings (SSSR count). The molecule has 1 aliphatic carbocycles. The van der Waals surface area contributed by atoms with Crippen LogP contribution in [0.5, 0.6) is 0 Å². The topological polar surface area (TPSA) is 93.8 Å². The van der Waals surface area contributed by atoms with E-state index >= 15 is 0 Å². The Bertz CT molecular complexity index is 1160. The molecule has 26 heavy (non-hydrogen) atoms. The van der Waals surface area contributed by atoms with Crippen molar-refractivity contribution in [1.82, 2.24) is 34.3 Å². The summed E-state index contributed by atoms with van der Waals surface area (Å²) in [6, 6.07) is 3.70. The Morgan fingerprint density at radius 1 is 1.23 bits per heavy atom. The Labute approximate surface area is 148 Å². The molecule has 0 atom stereocenters. The fraction of sp³-hybridized carbons (Fsp3) is 0.389. The van der Waals surface area contributed by atoms with Gasteiger partial charge in [-0.15, -0.1) is 5.10 Å². The molecule has 0 spiro atoms. The highest BCUT2D eigenvalue weighted by Crippen LogP contribution is 2.31. The summed E-state index contributed by atoms with van der Waals surface area (Å²) in [4.78, 5) is 21.9. The lowest BCUT2D eigenvalue weighted by atomic mass is 9.89. The Balaban J connectivity index is 1.67. The lowest BCUT2D eigenvalue weighted by molar-refractivity contribution is 0.429. The molecule has 4 aromatic heterocycles. The number of fused-ring (bicyclic) bond motifs is 3. The van der Waals surface area contributed by atoms with E-state index in [1.54, 1.807) is 16.9 Å². The van der Waals surface area contributed by atoms with Crippen molar-refractivity contribution in [2.75, 3.05) is 0 Å². The molecule has 1 saturated carbocycles. The lowest BCUT2D eigenvalue weighted by Gasteiger charge is -2.17. The van der Waals surface area contributed by atoms with Crippen molar-refractivity contribution in [3.05, 3.63) is 46.4 Å². The number of nitrogens with one attached hydrogen (secondary N) is 1. The second-order valence-corrected chi connectivity index (χ2v) is 6.97. The van der Waals surface area contributed by atoms with Crippen LogP contribution in [0.15, 0.2) is 29.3 Å². The van der Waals surface area contributed by atoms with Crippen molar-refractivity contribution in [1.29, 1.82) is 0 Å². The summed E-state index contributed by atoms with van der Waals surface area (Å²) < 4.78 is 3.21. The van der Waals surface area contributed by atoms with Gasteiger partial charge in [0.1, 0.15) is 0 Å². The molecule has 0 amide bonds. The van der Waals surface area contributed by atoms with Crippen molar-refractivity contribution in [3.8, 4) is 5.82 Å². The molecule has 8 heteroatoms. The Kier molecular flexibility index (Phi) is 3.37. The molecule has 0 aliphatic heterocycles. The number of aromatic amines is 1. The van der Waals surface area contributed by atoms with Gasteiger partial charge in [-0.2, -0.15) is 14.6 Å². The molecule has 132 valence electrons. The molecule has 8 nitrogen and oxygen atoms in total. The van der Waals surface area contributed by atoms with E-state index in [0.29, 0.717) is 22.9 Å². The van der Waals surface area contributed by atoms with Crippen LogP contribution in [-0.2, 0) is 0 Å². The first-order valence-corrected chi connectivity index (χ1v) is 9.00. The third-order valence-electron chi connectivity index (χ3n) is 5.16. The maximum atomic E-state index is 12.9. The Morgan fingerprint density at radius 3 is 2.85 bits per heavy atom. The molecular formula is C18H19N7O. The van der Waals surface area contributed by atoms with Crippen LogP contribution in [0.25, 0.3) is 22.5 Å². The van der Waals surface area contributed by atoms with Crippen molar-refractivity contribution in [2.45, 2.75) is 44.9 Å². The quantitative estimate of drug-likeness (QED) is 0.600. The fourth-order valence-electron chi connectivity index (χ4n) is 3.78. The van der Waals surface area contributed by atoms with Gasteiger partial charge >= 0.3 is 0 Å². The number of pyridine rings is 1. The summed E-state index contributed by atoms with van der Waals surface area (Å²) in [6.45, 7) is 1.90. The number of H-pyrrole nitrogens is 1. The van der Waals surface area contributed by atoms with Crippen LogP contribution in [-0.4, -0.2) is 34.3 Å². The standard InChI is InChI=1S/C18H19N7O/c1-11-9-15(22-21-11)24-8-7-14-13(17(24)26)10-19-18-20-16(23-25(14)18)12-5-3-2-4-6-12/h7-10,12H,2-6H2,1H3,(H,21,22). The van der Waals surface area contributed by atoms with Gasteiger partial charge in [0, 0.05) is 30.1 Å². The van der Waals surface area contributed by atoms with Gasteiger partial charge < -0.3 is 0 Å². The van der Waals surface area contributed by atoms with E-state index < -0.39 is 0 Å². The summed E-state index contributed by atoms with van der Waals surface area (Å²) in [7, 11) is 0. The molecule has 4 heterocycles. The van der Waals surface area contributed by atoms with Gasteiger partial charge in [-0.1, -0.05) is 19.3 Å². The first-order chi connectivity index (χ1) is 12.7. The molecule has 0 radical (unpaired) electrons. The van der Waals surface area contributed by atoms with Crippen LogP contribution in [0.2, 0.25) is 0 Å². The lowest BCUT2D eigenvalue weighted by Crippen LogP contribution is -2.19. The summed E-state index contributed by atoms with van der Waals surface area (Å²) >= 11 is 0. The molecule has 1 N–H and O–H groups in total. The van der Waals surface area contributed by atoms with E-state index in [1.807, 2.05) is 19.1 Å². The van der Waals surface area contributed by atoms with Crippen LogP contribution in [0, 0.1) is 6.92 Å². The van der Waals surface area contributed by atoms with Gasteiger partial charge in [0.25, 0.3) is 11.3 Å². The monoisotopic (exact) mass is 349 g/mol. The zero-order valence-corrected chi connectivity index (χ0v) is 14.5. The van der Waals surface area contributed by atoms with Crippen molar-refractivity contribution in [3.63, 3.8) is 0 Å². The number of aromatic nitrogens is 7. The van der Waals surface area contributed by atoms with Gasteiger partial charge in [-0.05, 0) is 25.8 Å². The van der Waals surface area contributed by atoms with Crippen molar-refractivity contribution >= 4 is 16.7 Å². The largest absolute Gasteiger partial charge is 0.281 e. The smallest absolute Gasteiger partial charge is 0.267 e. The van der Waals surface area contributed by atoms with Crippen LogP contribution >= 0.6 is 0 Å². The van der Waals surface area contributed by atoms with Gasteiger partial charge in [0.05, 0.1) is 10.9 Å². The van der Waals surface area contributed by atoms with Crippen molar-refractivity contribution < 1.29 is 0 Å². The second-order valence-electron chi connectivity index (χ2n) is 6.97.